The van der Waals surface area contributed by atoms with Gasteiger partial charge in [-0.1, -0.05) is 31.4 Å². The minimum Gasteiger partial charge on any atom is -0.324 e. The molecule has 3 unspecified atom stereocenters. The first kappa shape index (κ1) is 9.26. The number of rotatable bonds is 2. The molecule has 0 aliphatic heterocycles. The van der Waals surface area contributed by atoms with Crippen LogP contribution in [0.3, 0.4) is 0 Å². The van der Waals surface area contributed by atoms with Crippen molar-refractivity contribution in [2.75, 3.05) is 0 Å². The zero-order valence-corrected chi connectivity index (χ0v) is 8.63. The Morgan fingerprint density at radius 3 is 2.77 bits per heavy atom. The van der Waals surface area contributed by atoms with Crippen LogP contribution in [0.25, 0.3) is 0 Å². The Morgan fingerprint density at radius 1 is 1.38 bits per heavy atom. The molecule has 0 radical (unpaired) electrons. The molecule has 1 saturated carbocycles. The minimum absolute atomic E-state index is 0.389. The highest BCUT2D eigenvalue weighted by Crippen LogP contribution is 2.37. The smallest absolute Gasteiger partial charge is 0.0284 e. The van der Waals surface area contributed by atoms with Gasteiger partial charge in [0.25, 0.3) is 0 Å². The molecule has 74 valence electrons. The Labute approximate surface area is 81.4 Å². The molecule has 2 aliphatic rings. The number of hydrogen-bond donors (Lipinski definition) is 1. The van der Waals surface area contributed by atoms with Crippen LogP contribution in [0.5, 0.6) is 0 Å². The van der Waals surface area contributed by atoms with Crippen LogP contribution in [-0.2, 0) is 0 Å². The molecule has 0 heterocycles. The SMILES string of the molecule is CC1CCCC1C(N)C1=CCCC1. The van der Waals surface area contributed by atoms with Crippen molar-refractivity contribution in [1.82, 2.24) is 0 Å². The first-order chi connectivity index (χ1) is 6.29. The van der Waals surface area contributed by atoms with Crippen molar-refractivity contribution < 1.29 is 0 Å². The van der Waals surface area contributed by atoms with E-state index in [-0.39, 0.29) is 0 Å². The fourth-order valence-electron chi connectivity index (χ4n) is 2.98. The average Bonchev–Trinajstić information content (AvgIpc) is 2.72. The summed E-state index contributed by atoms with van der Waals surface area (Å²) in [4.78, 5) is 0. The third-order valence-electron chi connectivity index (χ3n) is 3.89. The lowest BCUT2D eigenvalue weighted by Gasteiger charge is -2.24. The second-order valence-electron chi connectivity index (χ2n) is 4.77. The van der Waals surface area contributed by atoms with Gasteiger partial charge < -0.3 is 5.73 Å². The summed E-state index contributed by atoms with van der Waals surface area (Å²) in [7, 11) is 0. The fraction of sp³-hybridized carbons (Fsp3) is 0.833. The van der Waals surface area contributed by atoms with E-state index in [1.165, 1.54) is 38.5 Å². The van der Waals surface area contributed by atoms with Gasteiger partial charge in [0.2, 0.25) is 0 Å². The standard InChI is InChI=1S/C12H21N/c1-9-5-4-8-11(9)12(13)10-6-2-3-7-10/h6,9,11-12H,2-5,7-8,13H2,1H3. The molecule has 13 heavy (non-hydrogen) atoms. The molecule has 2 rings (SSSR count). The molecule has 1 fully saturated rings. The number of nitrogens with two attached hydrogens (primary N) is 1. The minimum atomic E-state index is 0.389. The molecule has 0 saturated heterocycles. The summed E-state index contributed by atoms with van der Waals surface area (Å²) >= 11 is 0. The Bertz CT molecular complexity index is 207. The molecule has 0 spiro atoms. The summed E-state index contributed by atoms with van der Waals surface area (Å²) in [5, 5.41) is 0. The predicted octanol–water partition coefficient (Wildman–Crippen LogP) is 2.86. The fourth-order valence-corrected chi connectivity index (χ4v) is 2.98. The van der Waals surface area contributed by atoms with Gasteiger partial charge in [-0.05, 0) is 37.5 Å². The van der Waals surface area contributed by atoms with Gasteiger partial charge in [-0.15, -0.1) is 0 Å². The van der Waals surface area contributed by atoms with Crippen molar-refractivity contribution in [3.8, 4) is 0 Å². The van der Waals surface area contributed by atoms with Crippen molar-refractivity contribution >= 4 is 0 Å². The summed E-state index contributed by atoms with van der Waals surface area (Å²) in [5.74, 6) is 1.64. The Morgan fingerprint density at radius 2 is 2.23 bits per heavy atom. The average molecular weight is 179 g/mol. The normalized spacial score (nSPS) is 36.3. The van der Waals surface area contributed by atoms with Crippen LogP contribution in [0, 0.1) is 11.8 Å². The maximum Gasteiger partial charge on any atom is 0.0284 e. The van der Waals surface area contributed by atoms with E-state index in [1.54, 1.807) is 5.57 Å². The zero-order chi connectivity index (χ0) is 9.26. The Hall–Kier alpha value is -0.300. The molecular formula is C12H21N. The second-order valence-corrected chi connectivity index (χ2v) is 4.77. The molecule has 0 aromatic rings. The van der Waals surface area contributed by atoms with Gasteiger partial charge in [0.15, 0.2) is 0 Å². The van der Waals surface area contributed by atoms with Crippen molar-refractivity contribution in [3.63, 3.8) is 0 Å². The zero-order valence-electron chi connectivity index (χ0n) is 8.63. The van der Waals surface area contributed by atoms with Gasteiger partial charge in [-0.25, -0.2) is 0 Å². The van der Waals surface area contributed by atoms with Crippen molar-refractivity contribution in [2.45, 2.75) is 51.5 Å². The highest BCUT2D eigenvalue weighted by Gasteiger charge is 2.30. The summed E-state index contributed by atoms with van der Waals surface area (Å²) < 4.78 is 0. The molecular weight excluding hydrogens is 158 g/mol. The third-order valence-corrected chi connectivity index (χ3v) is 3.89. The molecule has 1 nitrogen and oxygen atoms in total. The third kappa shape index (κ3) is 1.80. The Balaban J connectivity index is 1.99. The van der Waals surface area contributed by atoms with Crippen molar-refractivity contribution in [3.05, 3.63) is 11.6 Å². The molecule has 0 amide bonds. The maximum atomic E-state index is 6.31. The van der Waals surface area contributed by atoms with E-state index in [0.29, 0.717) is 6.04 Å². The van der Waals surface area contributed by atoms with E-state index < -0.39 is 0 Å². The van der Waals surface area contributed by atoms with Gasteiger partial charge in [0.1, 0.15) is 0 Å². The van der Waals surface area contributed by atoms with Crippen LogP contribution in [0.4, 0.5) is 0 Å². The summed E-state index contributed by atoms with van der Waals surface area (Å²) in [6.07, 6.45) is 10.4. The molecule has 2 N–H and O–H groups in total. The van der Waals surface area contributed by atoms with E-state index in [2.05, 4.69) is 13.0 Å². The highest BCUT2D eigenvalue weighted by molar-refractivity contribution is 5.16. The second kappa shape index (κ2) is 3.83. The van der Waals surface area contributed by atoms with E-state index in [0.717, 1.165) is 11.8 Å². The lowest BCUT2D eigenvalue weighted by Crippen LogP contribution is -2.33. The largest absolute Gasteiger partial charge is 0.324 e. The van der Waals surface area contributed by atoms with Gasteiger partial charge in [-0.3, -0.25) is 0 Å². The first-order valence-electron chi connectivity index (χ1n) is 5.73. The molecule has 3 atom stereocenters. The van der Waals surface area contributed by atoms with Gasteiger partial charge in [0.05, 0.1) is 0 Å². The maximum absolute atomic E-state index is 6.31. The van der Waals surface area contributed by atoms with Crippen LogP contribution in [0.1, 0.15) is 45.4 Å². The summed E-state index contributed by atoms with van der Waals surface area (Å²) in [5.41, 5.74) is 7.86. The molecule has 0 aromatic carbocycles. The van der Waals surface area contributed by atoms with Crippen molar-refractivity contribution in [1.29, 1.82) is 0 Å². The van der Waals surface area contributed by atoms with E-state index >= 15 is 0 Å². The van der Waals surface area contributed by atoms with E-state index in [4.69, 9.17) is 5.73 Å². The molecule has 1 heteroatoms. The summed E-state index contributed by atoms with van der Waals surface area (Å²) in [6, 6.07) is 0.389. The van der Waals surface area contributed by atoms with E-state index in [9.17, 15) is 0 Å². The topological polar surface area (TPSA) is 26.0 Å². The van der Waals surface area contributed by atoms with E-state index in [1.807, 2.05) is 0 Å². The highest BCUT2D eigenvalue weighted by atomic mass is 14.7. The van der Waals surface area contributed by atoms with Gasteiger partial charge in [-0.2, -0.15) is 0 Å². The predicted molar refractivity (Wildman–Crippen MR) is 56.4 cm³/mol. The van der Waals surface area contributed by atoms with Crippen LogP contribution in [0.15, 0.2) is 11.6 Å². The Kier molecular flexibility index (Phi) is 2.73. The lowest BCUT2D eigenvalue weighted by molar-refractivity contribution is 0.369. The first-order valence-corrected chi connectivity index (χ1v) is 5.73. The summed E-state index contributed by atoms with van der Waals surface area (Å²) in [6.45, 7) is 2.37. The molecule has 0 aromatic heterocycles. The quantitative estimate of drug-likeness (QED) is 0.648. The van der Waals surface area contributed by atoms with Crippen LogP contribution < -0.4 is 5.73 Å². The lowest BCUT2D eigenvalue weighted by atomic mass is 9.86. The monoisotopic (exact) mass is 179 g/mol. The van der Waals surface area contributed by atoms with Crippen LogP contribution in [0.2, 0.25) is 0 Å². The van der Waals surface area contributed by atoms with Gasteiger partial charge in [0, 0.05) is 6.04 Å². The van der Waals surface area contributed by atoms with Crippen LogP contribution in [-0.4, -0.2) is 6.04 Å². The number of allylic oxidation sites excluding steroid dienone is 1. The number of hydrogen-bond acceptors (Lipinski definition) is 1. The van der Waals surface area contributed by atoms with Gasteiger partial charge >= 0.3 is 0 Å². The van der Waals surface area contributed by atoms with Crippen molar-refractivity contribution in [2.24, 2.45) is 17.6 Å². The van der Waals surface area contributed by atoms with Crippen LogP contribution >= 0.6 is 0 Å². The molecule has 0 bridgehead atoms. The molecule has 2 aliphatic carbocycles.